The molecule has 1 fully saturated rings. The van der Waals surface area contributed by atoms with Crippen LogP contribution >= 0.6 is 0 Å². The first-order valence-electron chi connectivity index (χ1n) is 7.24. The smallest absolute Gasteiger partial charge is 0.250 e. The summed E-state index contributed by atoms with van der Waals surface area (Å²) in [5.74, 6) is 1.36. The largest absolute Gasteiger partial charge is 0.384 e. The molecule has 2 heterocycles. The van der Waals surface area contributed by atoms with Crippen LogP contribution in [0, 0.1) is 5.41 Å². The Hall–Kier alpha value is -1.20. The summed E-state index contributed by atoms with van der Waals surface area (Å²) in [4.78, 5) is 4.47. The van der Waals surface area contributed by atoms with E-state index in [1.165, 1.54) is 5.57 Å². The van der Waals surface area contributed by atoms with E-state index in [0.29, 0.717) is 12.5 Å². The lowest BCUT2D eigenvalue weighted by atomic mass is 9.78. The molecule has 0 unspecified atom stereocenters. The van der Waals surface area contributed by atoms with Crippen molar-refractivity contribution in [3.05, 3.63) is 17.3 Å². The fourth-order valence-electron chi connectivity index (χ4n) is 2.53. The highest BCUT2D eigenvalue weighted by Gasteiger charge is 2.34. The number of hydrogen-bond donors (Lipinski definition) is 0. The van der Waals surface area contributed by atoms with E-state index < -0.39 is 0 Å². The van der Waals surface area contributed by atoms with Crippen LogP contribution in [0.5, 0.6) is 0 Å². The van der Waals surface area contributed by atoms with Crippen molar-refractivity contribution in [1.82, 2.24) is 10.1 Å². The molecule has 0 bridgehead atoms. The van der Waals surface area contributed by atoms with Gasteiger partial charge in [0.25, 0.3) is 5.89 Å². The number of methoxy groups -OCH3 is 1. The molecule has 1 aromatic heterocycles. The maximum absolute atomic E-state index is 5.45. The molecule has 2 rings (SSSR count). The normalized spacial score (nSPS) is 19.2. The zero-order valence-electron chi connectivity index (χ0n) is 12.6. The molecule has 1 aliphatic rings. The molecule has 0 spiro atoms. The molecule has 20 heavy (non-hydrogen) atoms. The zero-order valence-corrected chi connectivity index (χ0v) is 12.6. The van der Waals surface area contributed by atoms with E-state index in [-0.39, 0.29) is 5.41 Å². The van der Waals surface area contributed by atoms with Gasteiger partial charge in [-0.25, -0.2) is 0 Å². The standard InChI is InChI=1S/C15H24N2O3/c1-4-12(2)9-14-16-13(17-20-14)10-15(11-18-3)5-7-19-8-6-15/h9H,4-8,10-11H2,1-3H3/b12-9+. The van der Waals surface area contributed by atoms with Crippen molar-refractivity contribution in [1.29, 1.82) is 0 Å². The Balaban J connectivity index is 2.07. The third kappa shape index (κ3) is 3.90. The topological polar surface area (TPSA) is 57.4 Å². The van der Waals surface area contributed by atoms with Crippen molar-refractivity contribution >= 4 is 6.08 Å². The summed E-state index contributed by atoms with van der Waals surface area (Å²) >= 11 is 0. The van der Waals surface area contributed by atoms with Crippen molar-refractivity contribution in [2.24, 2.45) is 5.41 Å². The molecule has 0 amide bonds. The summed E-state index contributed by atoms with van der Waals surface area (Å²) in [7, 11) is 1.74. The number of aromatic nitrogens is 2. The number of hydrogen-bond acceptors (Lipinski definition) is 5. The third-order valence-electron chi connectivity index (χ3n) is 3.95. The molecule has 1 aromatic rings. The highest BCUT2D eigenvalue weighted by Crippen LogP contribution is 2.34. The van der Waals surface area contributed by atoms with E-state index in [1.54, 1.807) is 7.11 Å². The van der Waals surface area contributed by atoms with Crippen LogP contribution in [-0.2, 0) is 15.9 Å². The van der Waals surface area contributed by atoms with Gasteiger partial charge in [-0.3, -0.25) is 0 Å². The van der Waals surface area contributed by atoms with Crippen molar-refractivity contribution < 1.29 is 14.0 Å². The average Bonchev–Trinajstić information content (AvgIpc) is 2.86. The highest BCUT2D eigenvalue weighted by molar-refractivity contribution is 5.42. The molecule has 0 aliphatic carbocycles. The SMILES string of the molecule is CC/C(C)=C/c1nc(CC2(COC)CCOCC2)no1. The Morgan fingerprint density at radius 3 is 2.80 bits per heavy atom. The highest BCUT2D eigenvalue weighted by atomic mass is 16.5. The van der Waals surface area contributed by atoms with Crippen LogP contribution in [0.15, 0.2) is 10.1 Å². The third-order valence-corrected chi connectivity index (χ3v) is 3.95. The molecule has 0 radical (unpaired) electrons. The van der Waals surface area contributed by atoms with Crippen molar-refractivity contribution in [2.75, 3.05) is 26.9 Å². The van der Waals surface area contributed by atoms with Gasteiger partial charge >= 0.3 is 0 Å². The molecule has 0 saturated carbocycles. The minimum atomic E-state index is 0.0810. The van der Waals surface area contributed by atoms with Crippen LogP contribution in [-0.4, -0.2) is 37.1 Å². The molecule has 112 valence electrons. The maximum atomic E-state index is 5.45. The number of rotatable bonds is 6. The van der Waals surface area contributed by atoms with Gasteiger partial charge in [-0.15, -0.1) is 0 Å². The summed E-state index contributed by atoms with van der Waals surface area (Å²) in [5, 5.41) is 4.10. The lowest BCUT2D eigenvalue weighted by Gasteiger charge is -2.35. The molecular weight excluding hydrogens is 256 g/mol. The van der Waals surface area contributed by atoms with Gasteiger partial charge < -0.3 is 14.0 Å². The zero-order chi connectivity index (χ0) is 14.4. The van der Waals surface area contributed by atoms with Crippen LogP contribution in [0.25, 0.3) is 6.08 Å². The van der Waals surface area contributed by atoms with Gasteiger partial charge in [0, 0.05) is 38.2 Å². The average molecular weight is 280 g/mol. The second kappa shape index (κ2) is 6.99. The first kappa shape index (κ1) is 15.2. The molecule has 0 aromatic carbocycles. The van der Waals surface area contributed by atoms with Gasteiger partial charge in [-0.05, 0) is 26.2 Å². The van der Waals surface area contributed by atoms with Crippen LogP contribution in [0.4, 0.5) is 0 Å². The summed E-state index contributed by atoms with van der Waals surface area (Å²) in [6, 6.07) is 0. The van der Waals surface area contributed by atoms with Gasteiger partial charge in [0.1, 0.15) is 0 Å². The van der Waals surface area contributed by atoms with E-state index in [9.17, 15) is 0 Å². The van der Waals surface area contributed by atoms with Crippen LogP contribution in [0.3, 0.4) is 0 Å². The van der Waals surface area contributed by atoms with E-state index in [1.807, 2.05) is 6.08 Å². The summed E-state index contributed by atoms with van der Waals surface area (Å²) in [6.45, 7) is 6.45. The van der Waals surface area contributed by atoms with Crippen LogP contribution < -0.4 is 0 Å². The van der Waals surface area contributed by atoms with Gasteiger partial charge in [0.15, 0.2) is 5.82 Å². The predicted molar refractivity (Wildman–Crippen MR) is 76.3 cm³/mol. The van der Waals surface area contributed by atoms with E-state index in [2.05, 4.69) is 24.0 Å². The molecular formula is C15H24N2O3. The molecule has 0 atom stereocenters. The predicted octanol–water partition coefficient (Wildman–Crippen LogP) is 2.87. The van der Waals surface area contributed by atoms with Crippen LogP contribution in [0.1, 0.15) is 44.8 Å². The van der Waals surface area contributed by atoms with E-state index in [4.69, 9.17) is 14.0 Å². The van der Waals surface area contributed by atoms with Gasteiger partial charge in [0.2, 0.25) is 0 Å². The van der Waals surface area contributed by atoms with Crippen LogP contribution in [0.2, 0.25) is 0 Å². The van der Waals surface area contributed by atoms with Crippen molar-refractivity contribution in [2.45, 2.75) is 39.5 Å². The Labute approximate surface area is 120 Å². The number of allylic oxidation sites excluding steroid dienone is 1. The summed E-state index contributed by atoms with van der Waals surface area (Å²) in [6.07, 6.45) is 5.68. The fraction of sp³-hybridized carbons (Fsp3) is 0.733. The minimum absolute atomic E-state index is 0.0810. The summed E-state index contributed by atoms with van der Waals surface area (Å²) in [5.41, 5.74) is 1.32. The lowest BCUT2D eigenvalue weighted by Crippen LogP contribution is -2.36. The molecule has 0 N–H and O–H groups in total. The van der Waals surface area contributed by atoms with Gasteiger partial charge in [0.05, 0.1) is 6.61 Å². The van der Waals surface area contributed by atoms with Gasteiger partial charge in [-0.1, -0.05) is 17.7 Å². The Bertz CT molecular complexity index is 442. The molecule has 1 aliphatic heterocycles. The number of nitrogens with zero attached hydrogens (tertiary/aromatic N) is 2. The minimum Gasteiger partial charge on any atom is -0.384 e. The van der Waals surface area contributed by atoms with Crippen molar-refractivity contribution in [3.63, 3.8) is 0 Å². The van der Waals surface area contributed by atoms with Crippen molar-refractivity contribution in [3.8, 4) is 0 Å². The van der Waals surface area contributed by atoms with Gasteiger partial charge in [-0.2, -0.15) is 4.98 Å². The number of ether oxygens (including phenoxy) is 2. The lowest BCUT2D eigenvalue weighted by molar-refractivity contribution is -0.0285. The first-order valence-corrected chi connectivity index (χ1v) is 7.24. The van der Waals surface area contributed by atoms with E-state index in [0.717, 1.165) is 44.7 Å². The fourth-order valence-corrected chi connectivity index (χ4v) is 2.53. The first-order chi connectivity index (χ1) is 9.67. The Morgan fingerprint density at radius 2 is 2.15 bits per heavy atom. The maximum Gasteiger partial charge on any atom is 0.250 e. The Kier molecular flexibility index (Phi) is 5.31. The van der Waals surface area contributed by atoms with E-state index >= 15 is 0 Å². The summed E-state index contributed by atoms with van der Waals surface area (Å²) < 4.78 is 16.1. The Morgan fingerprint density at radius 1 is 1.40 bits per heavy atom. The molecule has 5 heteroatoms. The molecule has 1 saturated heterocycles. The monoisotopic (exact) mass is 280 g/mol. The second-order valence-electron chi connectivity index (χ2n) is 5.62. The quantitative estimate of drug-likeness (QED) is 0.802. The second-order valence-corrected chi connectivity index (χ2v) is 5.62. The molecule has 5 nitrogen and oxygen atoms in total.